The summed E-state index contributed by atoms with van der Waals surface area (Å²) in [4.78, 5) is 4.76. The van der Waals surface area contributed by atoms with E-state index in [1.165, 1.54) is 45.4 Å². The van der Waals surface area contributed by atoms with Crippen LogP contribution in [0.25, 0.3) is 0 Å². The van der Waals surface area contributed by atoms with Gasteiger partial charge in [-0.05, 0) is 70.4 Å². The van der Waals surface area contributed by atoms with Crippen molar-refractivity contribution in [3.63, 3.8) is 0 Å². The second-order valence-corrected chi connectivity index (χ2v) is 8.62. The van der Waals surface area contributed by atoms with Crippen LogP contribution in [0.2, 0.25) is 0 Å². The fourth-order valence-electron chi connectivity index (χ4n) is 1.66. The fraction of sp³-hybridized carbons (Fsp3) is 1.00. The van der Waals surface area contributed by atoms with Crippen LogP contribution in [0.4, 0.5) is 0 Å². The molecule has 1 fully saturated rings. The molecule has 0 radical (unpaired) electrons. The highest BCUT2D eigenvalue weighted by Gasteiger charge is 2.17. The normalized spacial score (nSPS) is 16.9. The molecule has 19 heavy (non-hydrogen) atoms. The van der Waals surface area contributed by atoms with E-state index in [2.05, 4.69) is 65.4 Å². The first kappa shape index (κ1) is 18.9. The first-order chi connectivity index (χ1) is 8.49. The molecule has 1 aliphatic heterocycles. The van der Waals surface area contributed by atoms with Crippen LogP contribution >= 0.6 is 0 Å². The van der Waals surface area contributed by atoms with Crippen LogP contribution in [0, 0.1) is 10.8 Å². The molecule has 0 bridgehead atoms. The van der Waals surface area contributed by atoms with Crippen molar-refractivity contribution in [1.29, 1.82) is 0 Å². The van der Waals surface area contributed by atoms with E-state index >= 15 is 0 Å². The van der Waals surface area contributed by atoms with Gasteiger partial charge in [0.25, 0.3) is 0 Å². The number of likely N-dealkylation sites (tertiary alicyclic amines) is 1. The van der Waals surface area contributed by atoms with E-state index < -0.39 is 0 Å². The van der Waals surface area contributed by atoms with Crippen LogP contribution in [-0.4, -0.2) is 50.1 Å². The smallest absolute Gasteiger partial charge is 0.000653 e. The van der Waals surface area contributed by atoms with Gasteiger partial charge in [0.05, 0.1) is 0 Å². The molecule has 0 amide bonds. The topological polar surface area (TPSA) is 6.48 Å². The lowest BCUT2D eigenvalue weighted by molar-refractivity contribution is 0.156. The molecule has 0 aromatic carbocycles. The zero-order valence-corrected chi connectivity index (χ0v) is 14.8. The standard InChI is InChI=1S/C9H19N.C8H19N/c1-9(2,3)5-8-10-6-4-7-10;1-8(2,3)6-7-9(4)5/h4-8H2,1-3H3;6-7H2,1-5H3. The van der Waals surface area contributed by atoms with Crippen molar-refractivity contribution >= 4 is 0 Å². The molecule has 1 saturated heterocycles. The Bertz CT molecular complexity index is 216. The Hall–Kier alpha value is -0.0800. The van der Waals surface area contributed by atoms with Gasteiger partial charge in [-0.15, -0.1) is 0 Å². The minimum atomic E-state index is 0.490. The molecule has 0 aromatic heterocycles. The van der Waals surface area contributed by atoms with Crippen molar-refractivity contribution in [3.05, 3.63) is 0 Å². The second-order valence-electron chi connectivity index (χ2n) is 8.62. The zero-order chi connectivity index (χ0) is 15.1. The molecule has 0 aliphatic carbocycles. The molecule has 0 atom stereocenters. The molecule has 1 aliphatic rings. The SMILES string of the molecule is CC(C)(C)CCN1CCC1.CN(C)CCC(C)(C)C. The number of hydrogen-bond donors (Lipinski definition) is 0. The molecule has 0 N–H and O–H groups in total. The molecular weight excluding hydrogens is 232 g/mol. The minimum absolute atomic E-state index is 0.490. The summed E-state index contributed by atoms with van der Waals surface area (Å²) >= 11 is 0. The van der Waals surface area contributed by atoms with E-state index in [1.54, 1.807) is 0 Å². The van der Waals surface area contributed by atoms with Crippen molar-refractivity contribution in [2.45, 2.75) is 60.8 Å². The highest BCUT2D eigenvalue weighted by atomic mass is 15.2. The fourth-order valence-corrected chi connectivity index (χ4v) is 1.66. The third-order valence-electron chi connectivity index (χ3n) is 3.44. The quantitative estimate of drug-likeness (QED) is 0.758. The third kappa shape index (κ3) is 14.1. The van der Waals surface area contributed by atoms with E-state index in [1.807, 2.05) is 0 Å². The molecular formula is C17H38N2. The summed E-state index contributed by atoms with van der Waals surface area (Å²) in [5.74, 6) is 0. The Morgan fingerprint density at radius 2 is 1.32 bits per heavy atom. The van der Waals surface area contributed by atoms with Gasteiger partial charge in [0.15, 0.2) is 0 Å². The summed E-state index contributed by atoms with van der Waals surface area (Å²) in [6.07, 6.45) is 4.04. The van der Waals surface area contributed by atoms with Gasteiger partial charge in [-0.25, -0.2) is 0 Å². The zero-order valence-electron chi connectivity index (χ0n) is 14.8. The average molecular weight is 271 g/mol. The van der Waals surface area contributed by atoms with Gasteiger partial charge >= 0.3 is 0 Å². The molecule has 0 spiro atoms. The van der Waals surface area contributed by atoms with Gasteiger partial charge in [0.1, 0.15) is 0 Å². The molecule has 2 heteroatoms. The molecule has 1 heterocycles. The number of nitrogens with zero attached hydrogens (tertiary/aromatic N) is 2. The van der Waals surface area contributed by atoms with Crippen molar-refractivity contribution < 1.29 is 0 Å². The minimum Gasteiger partial charge on any atom is -0.309 e. The van der Waals surface area contributed by atoms with E-state index in [4.69, 9.17) is 0 Å². The van der Waals surface area contributed by atoms with Crippen LogP contribution in [0.15, 0.2) is 0 Å². The van der Waals surface area contributed by atoms with Gasteiger partial charge in [-0.3, -0.25) is 0 Å². The molecule has 116 valence electrons. The maximum Gasteiger partial charge on any atom is -0.000653 e. The summed E-state index contributed by atoms with van der Waals surface area (Å²) in [5, 5.41) is 0. The van der Waals surface area contributed by atoms with Crippen LogP contribution in [0.5, 0.6) is 0 Å². The number of rotatable bonds is 4. The highest BCUT2D eigenvalue weighted by molar-refractivity contribution is 4.71. The second kappa shape index (κ2) is 8.26. The highest BCUT2D eigenvalue weighted by Crippen LogP contribution is 2.20. The van der Waals surface area contributed by atoms with Crippen LogP contribution in [0.3, 0.4) is 0 Å². The Kier molecular flexibility index (Phi) is 8.23. The van der Waals surface area contributed by atoms with Gasteiger partial charge in [-0.1, -0.05) is 41.5 Å². The van der Waals surface area contributed by atoms with Gasteiger partial charge < -0.3 is 9.80 Å². The van der Waals surface area contributed by atoms with Crippen LogP contribution < -0.4 is 0 Å². The first-order valence-electron chi connectivity index (χ1n) is 7.87. The summed E-state index contributed by atoms with van der Waals surface area (Å²) in [5.41, 5.74) is 1.01. The lowest BCUT2D eigenvalue weighted by Gasteiger charge is -2.33. The van der Waals surface area contributed by atoms with Crippen LogP contribution in [0.1, 0.15) is 60.8 Å². The van der Waals surface area contributed by atoms with Crippen molar-refractivity contribution in [3.8, 4) is 0 Å². The largest absolute Gasteiger partial charge is 0.309 e. The van der Waals surface area contributed by atoms with Crippen molar-refractivity contribution in [2.24, 2.45) is 10.8 Å². The number of hydrogen-bond acceptors (Lipinski definition) is 2. The lowest BCUT2D eigenvalue weighted by atomic mass is 9.91. The Morgan fingerprint density at radius 1 is 0.842 bits per heavy atom. The van der Waals surface area contributed by atoms with E-state index in [-0.39, 0.29) is 0 Å². The monoisotopic (exact) mass is 270 g/mol. The molecule has 1 rings (SSSR count). The maximum absolute atomic E-state index is 2.53. The van der Waals surface area contributed by atoms with Crippen molar-refractivity contribution in [1.82, 2.24) is 9.80 Å². The maximum atomic E-state index is 2.53. The molecule has 0 aromatic rings. The summed E-state index contributed by atoms with van der Waals surface area (Å²) in [7, 11) is 4.23. The van der Waals surface area contributed by atoms with E-state index in [9.17, 15) is 0 Å². The Balaban J connectivity index is 0.000000344. The van der Waals surface area contributed by atoms with Gasteiger partial charge in [0.2, 0.25) is 0 Å². The van der Waals surface area contributed by atoms with Gasteiger partial charge in [-0.2, -0.15) is 0 Å². The predicted octanol–water partition coefficient (Wildman–Crippen LogP) is 4.11. The Morgan fingerprint density at radius 3 is 1.53 bits per heavy atom. The van der Waals surface area contributed by atoms with Gasteiger partial charge in [0, 0.05) is 0 Å². The molecule has 0 unspecified atom stereocenters. The summed E-state index contributed by atoms with van der Waals surface area (Å²) in [6.45, 7) is 19.0. The van der Waals surface area contributed by atoms with E-state index in [0.717, 1.165) is 0 Å². The third-order valence-corrected chi connectivity index (χ3v) is 3.44. The average Bonchev–Trinajstić information content (AvgIpc) is 2.10. The molecule has 2 nitrogen and oxygen atoms in total. The van der Waals surface area contributed by atoms with Crippen molar-refractivity contribution in [2.75, 3.05) is 40.3 Å². The first-order valence-corrected chi connectivity index (χ1v) is 7.87. The van der Waals surface area contributed by atoms with Crippen LogP contribution in [-0.2, 0) is 0 Å². The Labute approximate surface area is 122 Å². The summed E-state index contributed by atoms with van der Waals surface area (Å²) < 4.78 is 0. The van der Waals surface area contributed by atoms with E-state index in [0.29, 0.717) is 10.8 Å². The molecule has 0 saturated carbocycles. The lowest BCUT2D eigenvalue weighted by Crippen LogP contribution is -2.38. The predicted molar refractivity (Wildman–Crippen MR) is 87.8 cm³/mol. The summed E-state index contributed by atoms with van der Waals surface area (Å²) in [6, 6.07) is 0.